The van der Waals surface area contributed by atoms with E-state index < -0.39 is 0 Å². The van der Waals surface area contributed by atoms with Crippen molar-refractivity contribution in [1.29, 1.82) is 0 Å². The second kappa shape index (κ2) is 6.10. The van der Waals surface area contributed by atoms with E-state index in [0.717, 1.165) is 30.6 Å². The summed E-state index contributed by atoms with van der Waals surface area (Å²) in [5, 5.41) is 0. The van der Waals surface area contributed by atoms with Crippen LogP contribution in [0.5, 0.6) is 5.75 Å². The maximum Gasteiger partial charge on any atom is 0.119 e. The summed E-state index contributed by atoms with van der Waals surface area (Å²) in [4.78, 5) is 2.58. The monoisotopic (exact) mass is 248 g/mol. The quantitative estimate of drug-likeness (QED) is 0.814. The van der Waals surface area contributed by atoms with Crippen molar-refractivity contribution in [2.24, 2.45) is 0 Å². The molecule has 2 rings (SSSR count). The van der Waals surface area contributed by atoms with E-state index in [4.69, 9.17) is 10.5 Å². The lowest BCUT2D eigenvalue weighted by molar-refractivity contribution is 0.159. The molecule has 1 aromatic carbocycles. The summed E-state index contributed by atoms with van der Waals surface area (Å²) in [6.45, 7) is 6.37. The molecule has 18 heavy (non-hydrogen) atoms. The van der Waals surface area contributed by atoms with Crippen LogP contribution in [0.4, 0.5) is 5.69 Å². The maximum atomic E-state index is 5.77. The van der Waals surface area contributed by atoms with Gasteiger partial charge in [-0.05, 0) is 50.5 Å². The molecule has 3 nitrogen and oxygen atoms in total. The van der Waals surface area contributed by atoms with Crippen molar-refractivity contribution in [3.63, 3.8) is 0 Å². The molecule has 2 unspecified atom stereocenters. The largest absolute Gasteiger partial charge is 0.492 e. The lowest BCUT2D eigenvalue weighted by Crippen LogP contribution is -2.37. The summed E-state index contributed by atoms with van der Waals surface area (Å²) in [5.41, 5.74) is 6.42. The van der Waals surface area contributed by atoms with Crippen molar-refractivity contribution in [3.05, 3.63) is 24.3 Å². The van der Waals surface area contributed by atoms with Crippen LogP contribution in [-0.2, 0) is 0 Å². The van der Waals surface area contributed by atoms with Crippen LogP contribution in [0, 0.1) is 0 Å². The molecule has 0 spiro atoms. The second-order valence-corrected chi connectivity index (χ2v) is 5.14. The summed E-state index contributed by atoms with van der Waals surface area (Å²) < 4.78 is 5.77. The molecule has 1 saturated heterocycles. The number of hydrogen-bond donors (Lipinski definition) is 1. The average molecular weight is 248 g/mol. The minimum Gasteiger partial charge on any atom is -0.492 e. The molecule has 0 bridgehead atoms. The molecule has 0 aliphatic carbocycles. The van der Waals surface area contributed by atoms with E-state index >= 15 is 0 Å². The molecule has 0 saturated carbocycles. The SMILES string of the molecule is CCC1CCC(C)N1CCOc1ccc(N)cc1. The summed E-state index contributed by atoms with van der Waals surface area (Å²) in [7, 11) is 0. The molecular formula is C15H24N2O. The van der Waals surface area contributed by atoms with Crippen LogP contribution in [0.15, 0.2) is 24.3 Å². The average Bonchev–Trinajstić information content (AvgIpc) is 2.73. The first-order valence-electron chi connectivity index (χ1n) is 6.94. The normalized spacial score (nSPS) is 24.3. The van der Waals surface area contributed by atoms with E-state index in [9.17, 15) is 0 Å². The Morgan fingerprint density at radius 3 is 2.67 bits per heavy atom. The second-order valence-electron chi connectivity index (χ2n) is 5.14. The van der Waals surface area contributed by atoms with Gasteiger partial charge < -0.3 is 10.5 Å². The zero-order chi connectivity index (χ0) is 13.0. The van der Waals surface area contributed by atoms with Gasteiger partial charge in [-0.2, -0.15) is 0 Å². The minimum atomic E-state index is 0.699. The molecule has 2 atom stereocenters. The van der Waals surface area contributed by atoms with Crippen molar-refractivity contribution < 1.29 is 4.74 Å². The third kappa shape index (κ3) is 3.16. The third-order valence-electron chi connectivity index (χ3n) is 3.92. The predicted octanol–water partition coefficient (Wildman–Crippen LogP) is 2.91. The number of anilines is 1. The van der Waals surface area contributed by atoms with Crippen molar-refractivity contribution in [1.82, 2.24) is 4.90 Å². The van der Waals surface area contributed by atoms with Gasteiger partial charge in [0.2, 0.25) is 0 Å². The molecule has 2 N–H and O–H groups in total. The van der Waals surface area contributed by atoms with Crippen LogP contribution in [-0.4, -0.2) is 30.1 Å². The molecular weight excluding hydrogens is 224 g/mol. The number of rotatable bonds is 5. The topological polar surface area (TPSA) is 38.5 Å². The first-order chi connectivity index (χ1) is 8.70. The highest BCUT2D eigenvalue weighted by molar-refractivity contribution is 5.41. The lowest BCUT2D eigenvalue weighted by Gasteiger charge is -2.27. The summed E-state index contributed by atoms with van der Waals surface area (Å²) in [5.74, 6) is 0.907. The smallest absolute Gasteiger partial charge is 0.119 e. The van der Waals surface area contributed by atoms with Gasteiger partial charge in [0.1, 0.15) is 12.4 Å². The van der Waals surface area contributed by atoms with Crippen LogP contribution in [0.1, 0.15) is 33.1 Å². The van der Waals surface area contributed by atoms with E-state index in [2.05, 4.69) is 18.7 Å². The highest BCUT2D eigenvalue weighted by Gasteiger charge is 2.28. The zero-order valence-corrected chi connectivity index (χ0v) is 11.4. The Labute approximate surface area is 110 Å². The highest BCUT2D eigenvalue weighted by Crippen LogP contribution is 2.25. The van der Waals surface area contributed by atoms with Crippen molar-refractivity contribution in [2.75, 3.05) is 18.9 Å². The van der Waals surface area contributed by atoms with Crippen LogP contribution in [0.3, 0.4) is 0 Å². The van der Waals surface area contributed by atoms with Crippen molar-refractivity contribution in [2.45, 2.75) is 45.2 Å². The van der Waals surface area contributed by atoms with Crippen LogP contribution >= 0.6 is 0 Å². The van der Waals surface area contributed by atoms with E-state index in [-0.39, 0.29) is 0 Å². The fourth-order valence-electron chi connectivity index (χ4n) is 2.80. The molecule has 1 heterocycles. The molecule has 1 aliphatic rings. The zero-order valence-electron chi connectivity index (χ0n) is 11.4. The summed E-state index contributed by atoms with van der Waals surface area (Å²) in [6.07, 6.45) is 3.89. The van der Waals surface area contributed by atoms with Gasteiger partial charge in [0.05, 0.1) is 0 Å². The van der Waals surface area contributed by atoms with Gasteiger partial charge in [0, 0.05) is 24.3 Å². The molecule has 0 aromatic heterocycles. The molecule has 0 amide bonds. The van der Waals surface area contributed by atoms with Gasteiger partial charge in [-0.25, -0.2) is 0 Å². The van der Waals surface area contributed by atoms with E-state index in [1.807, 2.05) is 24.3 Å². The Morgan fingerprint density at radius 1 is 1.28 bits per heavy atom. The number of benzene rings is 1. The third-order valence-corrected chi connectivity index (χ3v) is 3.92. The van der Waals surface area contributed by atoms with Crippen LogP contribution in [0.25, 0.3) is 0 Å². The fourth-order valence-corrected chi connectivity index (χ4v) is 2.80. The summed E-state index contributed by atoms with van der Waals surface area (Å²) >= 11 is 0. The van der Waals surface area contributed by atoms with Gasteiger partial charge >= 0.3 is 0 Å². The molecule has 100 valence electrons. The van der Waals surface area contributed by atoms with Gasteiger partial charge in [-0.15, -0.1) is 0 Å². The Morgan fingerprint density at radius 2 is 2.00 bits per heavy atom. The minimum absolute atomic E-state index is 0.699. The number of ether oxygens (including phenoxy) is 1. The lowest BCUT2D eigenvalue weighted by atomic mass is 10.2. The standard InChI is InChI=1S/C15H24N2O/c1-3-14-7-4-12(2)17(14)10-11-18-15-8-5-13(16)6-9-15/h5-6,8-9,12,14H,3-4,7,10-11,16H2,1-2H3. The van der Waals surface area contributed by atoms with Gasteiger partial charge in [0.15, 0.2) is 0 Å². The fraction of sp³-hybridized carbons (Fsp3) is 0.600. The molecule has 1 aromatic rings. The number of nitrogens with two attached hydrogens (primary N) is 1. The van der Waals surface area contributed by atoms with Crippen LogP contribution < -0.4 is 10.5 Å². The van der Waals surface area contributed by atoms with E-state index in [1.165, 1.54) is 19.3 Å². The van der Waals surface area contributed by atoms with Gasteiger partial charge in [-0.1, -0.05) is 6.92 Å². The maximum absolute atomic E-state index is 5.77. The Hall–Kier alpha value is -1.22. The molecule has 3 heteroatoms. The Balaban J connectivity index is 1.79. The van der Waals surface area contributed by atoms with Crippen molar-refractivity contribution >= 4 is 5.69 Å². The Bertz CT molecular complexity index is 363. The van der Waals surface area contributed by atoms with Crippen molar-refractivity contribution in [3.8, 4) is 5.75 Å². The van der Waals surface area contributed by atoms with Gasteiger partial charge in [-0.3, -0.25) is 4.90 Å². The highest BCUT2D eigenvalue weighted by atomic mass is 16.5. The van der Waals surface area contributed by atoms with Gasteiger partial charge in [0.25, 0.3) is 0 Å². The predicted molar refractivity (Wildman–Crippen MR) is 75.8 cm³/mol. The van der Waals surface area contributed by atoms with E-state index in [1.54, 1.807) is 0 Å². The first kappa shape index (κ1) is 13.2. The Kier molecular flexibility index (Phi) is 4.48. The molecule has 1 aliphatic heterocycles. The van der Waals surface area contributed by atoms with Crippen LogP contribution in [0.2, 0.25) is 0 Å². The molecule has 0 radical (unpaired) electrons. The first-order valence-corrected chi connectivity index (χ1v) is 6.94. The number of nitrogen functional groups attached to an aromatic ring is 1. The number of likely N-dealkylation sites (tertiary alicyclic amines) is 1. The van der Waals surface area contributed by atoms with E-state index in [0.29, 0.717) is 6.04 Å². The molecule has 1 fully saturated rings. The number of nitrogens with zero attached hydrogens (tertiary/aromatic N) is 1. The summed E-state index contributed by atoms with van der Waals surface area (Å²) in [6, 6.07) is 9.06. The number of hydrogen-bond acceptors (Lipinski definition) is 3.